The predicted octanol–water partition coefficient (Wildman–Crippen LogP) is 7.04. The van der Waals surface area contributed by atoms with Crippen molar-refractivity contribution < 1.29 is 14.3 Å². The van der Waals surface area contributed by atoms with Gasteiger partial charge >= 0.3 is 0 Å². The molecule has 7 heteroatoms. The fraction of sp³-hybridized carbons (Fsp3) is 0.143. The number of amides is 1. The van der Waals surface area contributed by atoms with Crippen LogP contribution in [-0.4, -0.2) is 18.7 Å². The lowest BCUT2D eigenvalue weighted by Crippen LogP contribution is -2.19. The van der Waals surface area contributed by atoms with Crippen LogP contribution >= 0.6 is 31.9 Å². The summed E-state index contributed by atoms with van der Waals surface area (Å²) in [4.78, 5) is 12.2. The van der Waals surface area contributed by atoms with Crippen molar-refractivity contribution in [2.75, 3.05) is 6.61 Å². The molecule has 4 rings (SSSR count). The van der Waals surface area contributed by atoms with Gasteiger partial charge < -0.3 is 9.47 Å². The second-order valence-electron chi connectivity index (χ2n) is 7.79. The monoisotopic (exact) mass is 594 g/mol. The molecule has 0 spiro atoms. The second kappa shape index (κ2) is 12.0. The molecule has 0 unspecified atom stereocenters. The molecule has 0 heterocycles. The van der Waals surface area contributed by atoms with Gasteiger partial charge in [-0.05, 0) is 90.5 Å². The van der Waals surface area contributed by atoms with Crippen LogP contribution in [0.5, 0.6) is 11.5 Å². The normalized spacial score (nSPS) is 11.1. The lowest BCUT2D eigenvalue weighted by atomic mass is 10.1. The number of hydrogen-bond acceptors (Lipinski definition) is 4. The number of fused-ring (bicyclic) bond motifs is 1. The van der Waals surface area contributed by atoms with Gasteiger partial charge in [-0.1, -0.05) is 54.6 Å². The number of carbonyl (C=O) groups is 1. The zero-order valence-electron chi connectivity index (χ0n) is 19.1. The largest absolute Gasteiger partial charge is 0.494 e. The maximum atomic E-state index is 12.2. The molecule has 0 fully saturated rings. The third kappa shape index (κ3) is 6.71. The fourth-order valence-electron chi connectivity index (χ4n) is 3.63. The zero-order valence-corrected chi connectivity index (χ0v) is 22.3. The van der Waals surface area contributed by atoms with Crippen molar-refractivity contribution in [2.24, 2.45) is 5.10 Å². The van der Waals surface area contributed by atoms with Crippen molar-refractivity contribution in [3.63, 3.8) is 0 Å². The van der Waals surface area contributed by atoms with E-state index in [1.807, 2.05) is 61.5 Å². The molecule has 0 bridgehead atoms. The van der Waals surface area contributed by atoms with Gasteiger partial charge in [-0.3, -0.25) is 4.79 Å². The zero-order chi connectivity index (χ0) is 24.6. The van der Waals surface area contributed by atoms with E-state index in [4.69, 9.17) is 9.47 Å². The minimum Gasteiger partial charge on any atom is -0.494 e. The Labute approximate surface area is 221 Å². The Kier molecular flexibility index (Phi) is 8.55. The van der Waals surface area contributed by atoms with Crippen molar-refractivity contribution in [3.8, 4) is 11.5 Å². The van der Waals surface area contributed by atoms with E-state index in [9.17, 15) is 4.79 Å². The summed E-state index contributed by atoms with van der Waals surface area (Å²) in [6, 6.07) is 25.7. The van der Waals surface area contributed by atoms with E-state index in [2.05, 4.69) is 66.7 Å². The first-order chi connectivity index (χ1) is 17.0. The lowest BCUT2D eigenvalue weighted by Gasteiger charge is -2.13. The Morgan fingerprint density at radius 3 is 2.40 bits per heavy atom. The molecule has 35 heavy (non-hydrogen) atoms. The average molecular weight is 596 g/mol. The van der Waals surface area contributed by atoms with Gasteiger partial charge in [-0.25, -0.2) is 5.43 Å². The number of nitrogens with zero attached hydrogens (tertiary/aromatic N) is 1. The molecular weight excluding hydrogens is 572 g/mol. The maximum Gasteiger partial charge on any atom is 0.244 e. The highest BCUT2D eigenvalue weighted by Crippen LogP contribution is 2.35. The Morgan fingerprint density at radius 2 is 1.66 bits per heavy atom. The minimum atomic E-state index is -0.196. The molecule has 5 nitrogen and oxygen atoms in total. The van der Waals surface area contributed by atoms with Gasteiger partial charge in [0, 0.05) is 0 Å². The molecule has 1 amide bonds. The van der Waals surface area contributed by atoms with Gasteiger partial charge in [-0.2, -0.15) is 5.10 Å². The molecule has 0 aliphatic rings. The number of halogens is 2. The summed E-state index contributed by atoms with van der Waals surface area (Å²) >= 11 is 7.18. The first-order valence-corrected chi connectivity index (χ1v) is 12.7. The quantitative estimate of drug-likeness (QED) is 0.167. The molecule has 4 aromatic carbocycles. The van der Waals surface area contributed by atoms with Crippen LogP contribution in [0.25, 0.3) is 10.8 Å². The number of benzene rings is 4. The highest BCUT2D eigenvalue weighted by atomic mass is 79.9. The molecule has 0 aliphatic heterocycles. The number of rotatable bonds is 9. The van der Waals surface area contributed by atoms with Crippen LogP contribution in [0.4, 0.5) is 0 Å². The number of carbonyl (C=O) groups excluding carboxylic acids is 1. The van der Waals surface area contributed by atoms with Crippen LogP contribution in [-0.2, 0) is 17.8 Å². The SMILES string of the molecule is CCOc1ccc(CC(=O)N/N=C/c2cc(Br)c(OCc3cccc4ccccc34)c(Br)c2)cc1. The van der Waals surface area contributed by atoms with Crippen LogP contribution in [0.15, 0.2) is 92.9 Å². The Morgan fingerprint density at radius 1 is 0.943 bits per heavy atom. The first-order valence-electron chi connectivity index (χ1n) is 11.2. The molecule has 0 atom stereocenters. The van der Waals surface area contributed by atoms with Crippen LogP contribution in [0, 0.1) is 0 Å². The molecule has 0 aliphatic carbocycles. The lowest BCUT2D eigenvalue weighted by molar-refractivity contribution is -0.120. The van der Waals surface area contributed by atoms with Gasteiger partial charge in [0.05, 0.1) is 28.2 Å². The maximum absolute atomic E-state index is 12.2. The summed E-state index contributed by atoms with van der Waals surface area (Å²) in [7, 11) is 0. The molecular formula is C28H24Br2N2O3. The fourth-order valence-corrected chi connectivity index (χ4v) is 5.08. The molecule has 178 valence electrons. The van der Waals surface area contributed by atoms with Crippen LogP contribution in [0.2, 0.25) is 0 Å². The summed E-state index contributed by atoms with van der Waals surface area (Å²) in [5.41, 5.74) is 5.38. The van der Waals surface area contributed by atoms with Crippen molar-refractivity contribution in [3.05, 3.63) is 104 Å². The third-order valence-corrected chi connectivity index (χ3v) is 6.45. The molecule has 1 N–H and O–H groups in total. The van der Waals surface area contributed by atoms with E-state index in [-0.39, 0.29) is 12.3 Å². The molecule has 4 aromatic rings. The number of ether oxygens (including phenoxy) is 2. The molecule has 0 aromatic heterocycles. The van der Waals surface area contributed by atoms with Gasteiger partial charge in [-0.15, -0.1) is 0 Å². The molecule has 0 saturated heterocycles. The summed E-state index contributed by atoms with van der Waals surface area (Å²) in [5.74, 6) is 1.29. The Hall–Kier alpha value is -3.16. The molecule has 0 saturated carbocycles. The predicted molar refractivity (Wildman–Crippen MR) is 147 cm³/mol. The second-order valence-corrected chi connectivity index (χ2v) is 9.50. The smallest absolute Gasteiger partial charge is 0.244 e. The minimum absolute atomic E-state index is 0.196. The molecule has 0 radical (unpaired) electrons. The van der Waals surface area contributed by atoms with E-state index in [0.29, 0.717) is 19.0 Å². The van der Waals surface area contributed by atoms with Crippen molar-refractivity contribution in [1.82, 2.24) is 5.43 Å². The van der Waals surface area contributed by atoms with Crippen molar-refractivity contribution >= 4 is 54.8 Å². The van der Waals surface area contributed by atoms with Gasteiger partial charge in [0.2, 0.25) is 5.91 Å². The highest BCUT2D eigenvalue weighted by Gasteiger charge is 2.10. The van der Waals surface area contributed by atoms with Crippen molar-refractivity contribution in [2.45, 2.75) is 20.0 Å². The number of hydrogen-bond donors (Lipinski definition) is 1. The standard InChI is InChI=1S/C28H24Br2N2O3/c1-2-34-23-12-10-19(11-13-23)16-27(33)32-31-17-20-14-25(29)28(26(30)15-20)35-18-22-8-5-7-21-6-3-4-9-24(21)22/h3-15,17H,2,16,18H2,1H3,(H,32,33)/b31-17+. The number of hydrazone groups is 1. The van der Waals surface area contributed by atoms with Gasteiger partial charge in [0.1, 0.15) is 18.1 Å². The summed E-state index contributed by atoms with van der Waals surface area (Å²) in [5, 5.41) is 6.45. The average Bonchev–Trinajstić information content (AvgIpc) is 2.85. The third-order valence-electron chi connectivity index (χ3n) is 5.27. The highest BCUT2D eigenvalue weighted by molar-refractivity contribution is 9.11. The summed E-state index contributed by atoms with van der Waals surface area (Å²) < 4.78 is 13.1. The van der Waals surface area contributed by atoms with Crippen molar-refractivity contribution in [1.29, 1.82) is 0 Å². The van der Waals surface area contributed by atoms with Crippen LogP contribution in [0.3, 0.4) is 0 Å². The van der Waals surface area contributed by atoms with E-state index in [1.54, 1.807) is 6.21 Å². The Bertz CT molecular complexity index is 1330. The van der Waals surface area contributed by atoms with E-state index in [0.717, 1.165) is 31.4 Å². The number of nitrogens with one attached hydrogen (secondary N) is 1. The summed E-state index contributed by atoms with van der Waals surface area (Å²) in [6.45, 7) is 2.98. The summed E-state index contributed by atoms with van der Waals surface area (Å²) in [6.07, 6.45) is 1.83. The van der Waals surface area contributed by atoms with Gasteiger partial charge in [0.15, 0.2) is 0 Å². The van der Waals surface area contributed by atoms with E-state index < -0.39 is 0 Å². The Balaban J connectivity index is 1.36. The van der Waals surface area contributed by atoms with E-state index >= 15 is 0 Å². The first kappa shape index (κ1) is 24.9. The van der Waals surface area contributed by atoms with Crippen LogP contribution < -0.4 is 14.9 Å². The van der Waals surface area contributed by atoms with Crippen LogP contribution in [0.1, 0.15) is 23.6 Å². The van der Waals surface area contributed by atoms with Gasteiger partial charge in [0.25, 0.3) is 0 Å². The topological polar surface area (TPSA) is 59.9 Å². The van der Waals surface area contributed by atoms with E-state index in [1.165, 1.54) is 10.8 Å².